The van der Waals surface area contributed by atoms with Gasteiger partial charge in [0.05, 0.1) is 0 Å². The van der Waals surface area contributed by atoms with E-state index in [-0.39, 0.29) is 11.8 Å². The average molecular weight is 414 g/mol. The van der Waals surface area contributed by atoms with E-state index < -0.39 is 0 Å². The van der Waals surface area contributed by atoms with E-state index in [9.17, 15) is 9.59 Å². The van der Waals surface area contributed by atoms with Gasteiger partial charge in [0.25, 0.3) is 0 Å². The van der Waals surface area contributed by atoms with E-state index in [4.69, 9.17) is 0 Å². The SMILES string of the molecule is O=C(CCc1nnc2ccc(NCCCN3CCCC3=O)nn12)NC1CCCCC1. The number of likely N-dealkylation sites (tertiary alicyclic amines) is 1. The van der Waals surface area contributed by atoms with Crippen LogP contribution in [-0.2, 0) is 16.0 Å². The van der Waals surface area contributed by atoms with Crippen LogP contribution < -0.4 is 10.6 Å². The van der Waals surface area contributed by atoms with Crippen molar-refractivity contribution in [1.29, 1.82) is 0 Å². The first-order chi connectivity index (χ1) is 14.7. The van der Waals surface area contributed by atoms with Gasteiger partial charge in [0.2, 0.25) is 11.8 Å². The molecule has 30 heavy (non-hydrogen) atoms. The second kappa shape index (κ2) is 9.86. The monoisotopic (exact) mass is 413 g/mol. The lowest BCUT2D eigenvalue weighted by Gasteiger charge is -2.22. The zero-order valence-corrected chi connectivity index (χ0v) is 17.5. The third kappa shape index (κ3) is 5.25. The highest BCUT2D eigenvalue weighted by atomic mass is 16.2. The van der Waals surface area contributed by atoms with Crippen LogP contribution in [0.5, 0.6) is 0 Å². The summed E-state index contributed by atoms with van der Waals surface area (Å²) in [6, 6.07) is 4.08. The van der Waals surface area contributed by atoms with E-state index in [0.29, 0.717) is 36.8 Å². The van der Waals surface area contributed by atoms with Gasteiger partial charge < -0.3 is 15.5 Å². The number of amides is 2. The highest BCUT2D eigenvalue weighted by Crippen LogP contribution is 2.17. The third-order valence-corrected chi connectivity index (χ3v) is 5.96. The molecule has 2 aliphatic rings. The van der Waals surface area contributed by atoms with Gasteiger partial charge in [0.1, 0.15) is 5.82 Å². The van der Waals surface area contributed by atoms with Crippen molar-refractivity contribution in [2.24, 2.45) is 0 Å². The maximum Gasteiger partial charge on any atom is 0.222 e. The molecule has 0 spiro atoms. The van der Waals surface area contributed by atoms with Crippen LogP contribution in [-0.4, -0.2) is 62.2 Å². The first-order valence-corrected chi connectivity index (χ1v) is 11.2. The predicted molar refractivity (Wildman–Crippen MR) is 113 cm³/mol. The number of anilines is 1. The number of carbonyl (C=O) groups is 2. The number of aromatic nitrogens is 4. The van der Waals surface area contributed by atoms with Crippen molar-refractivity contribution < 1.29 is 9.59 Å². The van der Waals surface area contributed by atoms with E-state index in [2.05, 4.69) is 25.9 Å². The lowest BCUT2D eigenvalue weighted by atomic mass is 9.95. The number of hydrogen-bond acceptors (Lipinski definition) is 6. The quantitative estimate of drug-likeness (QED) is 0.609. The van der Waals surface area contributed by atoms with Crippen LogP contribution >= 0.6 is 0 Å². The average Bonchev–Trinajstić information content (AvgIpc) is 3.36. The standard InChI is InChI=1S/C21H31N7O2/c29-20(23-16-6-2-1-3-7-16)12-11-19-25-24-18-10-9-17(26-28(18)19)22-13-5-15-27-14-4-8-21(27)30/h9-10,16H,1-8,11-15H2,(H,22,26)(H,23,29). The van der Waals surface area contributed by atoms with E-state index >= 15 is 0 Å². The van der Waals surface area contributed by atoms with Gasteiger partial charge in [-0.15, -0.1) is 15.3 Å². The topological polar surface area (TPSA) is 105 Å². The van der Waals surface area contributed by atoms with E-state index in [1.54, 1.807) is 4.52 Å². The zero-order valence-electron chi connectivity index (χ0n) is 17.5. The van der Waals surface area contributed by atoms with Crippen molar-refractivity contribution in [1.82, 2.24) is 30.0 Å². The van der Waals surface area contributed by atoms with Gasteiger partial charge in [-0.2, -0.15) is 4.52 Å². The Morgan fingerprint density at radius 3 is 2.80 bits per heavy atom. The fourth-order valence-corrected chi connectivity index (χ4v) is 4.28. The molecule has 1 aliphatic carbocycles. The number of rotatable bonds is 9. The van der Waals surface area contributed by atoms with Crippen LogP contribution in [0.15, 0.2) is 12.1 Å². The summed E-state index contributed by atoms with van der Waals surface area (Å²) in [6.07, 6.45) is 9.28. The van der Waals surface area contributed by atoms with Gasteiger partial charge in [0.15, 0.2) is 11.5 Å². The number of carbonyl (C=O) groups excluding carboxylic acids is 2. The van der Waals surface area contributed by atoms with Gasteiger partial charge in [-0.05, 0) is 37.8 Å². The second-order valence-electron chi connectivity index (χ2n) is 8.27. The molecule has 2 aromatic heterocycles. The fraction of sp³-hybridized carbons (Fsp3) is 0.667. The molecule has 0 radical (unpaired) electrons. The molecule has 0 aromatic carbocycles. The second-order valence-corrected chi connectivity index (χ2v) is 8.27. The van der Waals surface area contributed by atoms with Crippen molar-refractivity contribution in [2.75, 3.05) is 25.0 Å². The Labute approximate surface area is 176 Å². The van der Waals surface area contributed by atoms with Gasteiger partial charge >= 0.3 is 0 Å². The van der Waals surface area contributed by atoms with Crippen LogP contribution in [0.1, 0.15) is 63.6 Å². The van der Waals surface area contributed by atoms with Gasteiger partial charge in [-0.1, -0.05) is 19.3 Å². The van der Waals surface area contributed by atoms with E-state index in [1.165, 1.54) is 19.3 Å². The largest absolute Gasteiger partial charge is 0.369 e. The van der Waals surface area contributed by atoms with E-state index in [1.807, 2.05) is 17.0 Å². The molecule has 9 nitrogen and oxygen atoms in total. The molecule has 9 heteroatoms. The summed E-state index contributed by atoms with van der Waals surface area (Å²) in [5, 5.41) is 19.4. The Morgan fingerprint density at radius 1 is 1.13 bits per heavy atom. The first kappa shape index (κ1) is 20.6. The molecular weight excluding hydrogens is 382 g/mol. The van der Waals surface area contributed by atoms with Gasteiger partial charge in [0, 0.05) is 44.9 Å². The number of aryl methyl sites for hydroxylation is 1. The summed E-state index contributed by atoms with van der Waals surface area (Å²) in [5.74, 6) is 1.76. The molecule has 2 amide bonds. The molecule has 0 atom stereocenters. The summed E-state index contributed by atoms with van der Waals surface area (Å²) < 4.78 is 1.71. The Balaban J connectivity index is 1.26. The summed E-state index contributed by atoms with van der Waals surface area (Å²) in [4.78, 5) is 25.9. The summed E-state index contributed by atoms with van der Waals surface area (Å²) >= 11 is 0. The zero-order chi connectivity index (χ0) is 20.8. The Bertz CT molecular complexity index is 875. The van der Waals surface area contributed by atoms with E-state index in [0.717, 1.165) is 51.1 Å². The van der Waals surface area contributed by atoms with Crippen molar-refractivity contribution in [3.8, 4) is 0 Å². The number of hydrogen-bond donors (Lipinski definition) is 2. The molecule has 1 aliphatic heterocycles. The van der Waals surface area contributed by atoms with Crippen LogP contribution in [0.2, 0.25) is 0 Å². The Hall–Kier alpha value is -2.71. The van der Waals surface area contributed by atoms with Crippen molar-refractivity contribution in [3.05, 3.63) is 18.0 Å². The van der Waals surface area contributed by atoms with Crippen molar-refractivity contribution in [3.63, 3.8) is 0 Å². The molecule has 1 saturated carbocycles. The highest BCUT2D eigenvalue weighted by Gasteiger charge is 2.19. The molecule has 2 fully saturated rings. The minimum absolute atomic E-state index is 0.0735. The van der Waals surface area contributed by atoms with Gasteiger partial charge in [-0.3, -0.25) is 9.59 Å². The molecule has 2 N–H and O–H groups in total. The molecule has 162 valence electrons. The summed E-state index contributed by atoms with van der Waals surface area (Å²) in [7, 11) is 0. The molecule has 0 unspecified atom stereocenters. The number of nitrogens with one attached hydrogen (secondary N) is 2. The lowest BCUT2D eigenvalue weighted by molar-refractivity contribution is -0.127. The minimum Gasteiger partial charge on any atom is -0.369 e. The number of nitrogens with zero attached hydrogens (tertiary/aromatic N) is 5. The molecule has 4 rings (SSSR count). The predicted octanol–water partition coefficient (Wildman–Crippen LogP) is 1.93. The normalized spacial score (nSPS) is 17.6. The fourth-order valence-electron chi connectivity index (χ4n) is 4.28. The molecule has 2 aromatic rings. The molecule has 3 heterocycles. The van der Waals surface area contributed by atoms with Crippen LogP contribution in [0.3, 0.4) is 0 Å². The Kier molecular flexibility index (Phi) is 6.76. The molecule has 1 saturated heterocycles. The van der Waals surface area contributed by atoms with Crippen LogP contribution in [0.25, 0.3) is 5.65 Å². The maximum atomic E-state index is 12.3. The third-order valence-electron chi connectivity index (χ3n) is 5.96. The highest BCUT2D eigenvalue weighted by molar-refractivity contribution is 5.78. The van der Waals surface area contributed by atoms with Crippen molar-refractivity contribution in [2.45, 2.75) is 70.3 Å². The molecule has 0 bridgehead atoms. The minimum atomic E-state index is 0.0735. The van der Waals surface area contributed by atoms with Crippen LogP contribution in [0.4, 0.5) is 5.82 Å². The van der Waals surface area contributed by atoms with Crippen molar-refractivity contribution >= 4 is 23.3 Å². The first-order valence-electron chi connectivity index (χ1n) is 11.2. The maximum absolute atomic E-state index is 12.3. The van der Waals surface area contributed by atoms with Crippen LogP contribution in [0, 0.1) is 0 Å². The smallest absolute Gasteiger partial charge is 0.222 e. The Morgan fingerprint density at radius 2 is 2.00 bits per heavy atom. The molecular formula is C21H31N7O2. The summed E-state index contributed by atoms with van der Waals surface area (Å²) in [5.41, 5.74) is 0.672. The lowest BCUT2D eigenvalue weighted by Crippen LogP contribution is -2.36. The van der Waals surface area contributed by atoms with Gasteiger partial charge in [-0.25, -0.2) is 0 Å². The number of fused-ring (bicyclic) bond motifs is 1. The summed E-state index contributed by atoms with van der Waals surface area (Å²) in [6.45, 7) is 2.40.